The second-order valence-electron chi connectivity index (χ2n) is 6.03. The van der Waals surface area contributed by atoms with Crippen LogP contribution in [0.4, 0.5) is 0 Å². The van der Waals surface area contributed by atoms with Crippen molar-refractivity contribution in [1.29, 1.82) is 0 Å². The van der Waals surface area contributed by atoms with Crippen LogP contribution in [0.3, 0.4) is 0 Å². The van der Waals surface area contributed by atoms with Crippen LogP contribution >= 0.6 is 0 Å². The number of hydrogen-bond donors (Lipinski definition) is 1. The molecule has 2 rings (SSSR count). The molecule has 112 valence electrons. The normalized spacial score (nSPS) is 21.3. The average molecular weight is 275 g/mol. The second-order valence-corrected chi connectivity index (χ2v) is 6.03. The molecule has 1 unspecified atom stereocenters. The van der Waals surface area contributed by atoms with Crippen LogP contribution in [0.5, 0.6) is 5.75 Å². The summed E-state index contributed by atoms with van der Waals surface area (Å²) < 4.78 is 6.07. The summed E-state index contributed by atoms with van der Waals surface area (Å²) in [6.07, 6.45) is 11.9. The Hall–Kier alpha value is -1.02. The molecule has 0 saturated heterocycles. The maximum atomic E-state index is 6.24. The van der Waals surface area contributed by atoms with Crippen molar-refractivity contribution in [3.63, 3.8) is 0 Å². The van der Waals surface area contributed by atoms with E-state index in [0.29, 0.717) is 6.10 Å². The minimum atomic E-state index is 0.148. The first-order valence-corrected chi connectivity index (χ1v) is 8.32. The standard InChI is InChI=1S/C18H29NO/c1-2-3-4-5-6-7-8-11-15-14-17(19)16-12-9-10-13-18(16)20-15/h9-10,12-13,15,17H,2-8,11,14,19H2,1H3/t15?,17-/m0/s1. The number of rotatable bonds is 8. The summed E-state index contributed by atoms with van der Waals surface area (Å²) in [6, 6.07) is 8.35. The third-order valence-corrected chi connectivity index (χ3v) is 4.26. The van der Waals surface area contributed by atoms with E-state index in [1.165, 1.54) is 50.5 Å². The largest absolute Gasteiger partial charge is 0.490 e. The third kappa shape index (κ3) is 4.52. The van der Waals surface area contributed by atoms with E-state index in [2.05, 4.69) is 13.0 Å². The Bertz CT molecular complexity index is 391. The fourth-order valence-electron chi connectivity index (χ4n) is 3.04. The predicted octanol–water partition coefficient (Wildman–Crippen LogP) is 4.98. The van der Waals surface area contributed by atoms with Gasteiger partial charge in [0.25, 0.3) is 0 Å². The van der Waals surface area contributed by atoms with Gasteiger partial charge in [0, 0.05) is 18.0 Å². The summed E-state index contributed by atoms with van der Waals surface area (Å²) >= 11 is 0. The van der Waals surface area contributed by atoms with Crippen molar-refractivity contribution in [2.45, 2.75) is 76.9 Å². The molecule has 2 N–H and O–H groups in total. The second kappa shape index (κ2) is 8.31. The molecular formula is C18H29NO. The van der Waals surface area contributed by atoms with Gasteiger partial charge in [0.1, 0.15) is 11.9 Å². The predicted molar refractivity (Wildman–Crippen MR) is 85.0 cm³/mol. The molecule has 0 amide bonds. The molecule has 0 radical (unpaired) electrons. The van der Waals surface area contributed by atoms with Crippen LogP contribution in [-0.2, 0) is 0 Å². The molecule has 0 aliphatic carbocycles. The molecule has 2 heteroatoms. The van der Waals surface area contributed by atoms with Crippen LogP contribution in [0.1, 0.15) is 76.3 Å². The fourth-order valence-corrected chi connectivity index (χ4v) is 3.04. The lowest BCUT2D eigenvalue weighted by Gasteiger charge is -2.30. The SMILES string of the molecule is CCCCCCCCCC1C[C@H](N)c2ccccc2O1. The van der Waals surface area contributed by atoms with Crippen molar-refractivity contribution in [2.24, 2.45) is 5.73 Å². The zero-order valence-electron chi connectivity index (χ0n) is 12.8. The minimum Gasteiger partial charge on any atom is -0.490 e. The van der Waals surface area contributed by atoms with Crippen LogP contribution in [-0.4, -0.2) is 6.10 Å². The topological polar surface area (TPSA) is 35.2 Å². The van der Waals surface area contributed by atoms with E-state index >= 15 is 0 Å². The van der Waals surface area contributed by atoms with Crippen LogP contribution in [0.15, 0.2) is 24.3 Å². The molecule has 0 aromatic heterocycles. The molecule has 0 bridgehead atoms. The summed E-state index contributed by atoms with van der Waals surface area (Å²) in [6.45, 7) is 2.27. The Kier molecular flexibility index (Phi) is 6.38. The van der Waals surface area contributed by atoms with Crippen molar-refractivity contribution >= 4 is 0 Å². The number of ether oxygens (including phenoxy) is 1. The molecule has 2 nitrogen and oxygen atoms in total. The van der Waals surface area contributed by atoms with E-state index in [4.69, 9.17) is 10.5 Å². The molecule has 0 fully saturated rings. The van der Waals surface area contributed by atoms with Crippen molar-refractivity contribution in [1.82, 2.24) is 0 Å². The van der Waals surface area contributed by atoms with Crippen LogP contribution in [0.25, 0.3) is 0 Å². The number of hydrogen-bond acceptors (Lipinski definition) is 2. The summed E-state index contributed by atoms with van der Waals surface area (Å²) in [4.78, 5) is 0. The Morgan fingerprint density at radius 1 is 1.05 bits per heavy atom. The highest BCUT2D eigenvalue weighted by Crippen LogP contribution is 2.34. The van der Waals surface area contributed by atoms with Crippen molar-refractivity contribution in [2.75, 3.05) is 0 Å². The molecule has 2 atom stereocenters. The minimum absolute atomic E-state index is 0.148. The first kappa shape index (κ1) is 15.4. The fraction of sp³-hybridized carbons (Fsp3) is 0.667. The van der Waals surface area contributed by atoms with E-state index in [0.717, 1.165) is 18.6 Å². The number of benzene rings is 1. The molecule has 0 saturated carbocycles. The van der Waals surface area contributed by atoms with E-state index in [-0.39, 0.29) is 6.04 Å². The molecular weight excluding hydrogens is 246 g/mol. The molecule has 1 aliphatic rings. The van der Waals surface area contributed by atoms with E-state index in [1.54, 1.807) is 0 Å². The van der Waals surface area contributed by atoms with Crippen LogP contribution in [0.2, 0.25) is 0 Å². The Morgan fingerprint density at radius 2 is 1.75 bits per heavy atom. The van der Waals surface area contributed by atoms with Gasteiger partial charge in [-0.1, -0.05) is 63.6 Å². The van der Waals surface area contributed by atoms with E-state index in [1.807, 2.05) is 18.2 Å². The third-order valence-electron chi connectivity index (χ3n) is 4.26. The van der Waals surface area contributed by atoms with Gasteiger partial charge in [0.05, 0.1) is 0 Å². The first-order valence-electron chi connectivity index (χ1n) is 8.32. The lowest BCUT2D eigenvalue weighted by molar-refractivity contribution is 0.146. The van der Waals surface area contributed by atoms with Gasteiger partial charge in [-0.15, -0.1) is 0 Å². The average Bonchev–Trinajstić information content (AvgIpc) is 2.46. The van der Waals surface area contributed by atoms with E-state index < -0.39 is 0 Å². The van der Waals surface area contributed by atoms with Gasteiger partial charge < -0.3 is 10.5 Å². The summed E-state index contributed by atoms with van der Waals surface area (Å²) in [5, 5.41) is 0. The zero-order chi connectivity index (χ0) is 14.2. The zero-order valence-corrected chi connectivity index (χ0v) is 12.8. The van der Waals surface area contributed by atoms with Gasteiger partial charge in [0.15, 0.2) is 0 Å². The van der Waals surface area contributed by atoms with Gasteiger partial charge in [-0.25, -0.2) is 0 Å². The number of unbranched alkanes of at least 4 members (excludes halogenated alkanes) is 6. The highest BCUT2D eigenvalue weighted by Gasteiger charge is 2.24. The summed E-state index contributed by atoms with van der Waals surface area (Å²) in [7, 11) is 0. The molecule has 1 aromatic rings. The van der Waals surface area contributed by atoms with Crippen molar-refractivity contribution in [3.8, 4) is 5.75 Å². The van der Waals surface area contributed by atoms with Crippen LogP contribution < -0.4 is 10.5 Å². The van der Waals surface area contributed by atoms with Gasteiger partial charge in [-0.3, -0.25) is 0 Å². The monoisotopic (exact) mass is 275 g/mol. The Morgan fingerprint density at radius 3 is 2.55 bits per heavy atom. The highest BCUT2D eigenvalue weighted by atomic mass is 16.5. The maximum absolute atomic E-state index is 6.24. The Balaban J connectivity index is 1.66. The summed E-state index contributed by atoms with van der Waals surface area (Å²) in [5.41, 5.74) is 7.41. The van der Waals surface area contributed by atoms with Gasteiger partial charge in [-0.2, -0.15) is 0 Å². The molecule has 0 spiro atoms. The first-order chi connectivity index (χ1) is 9.81. The maximum Gasteiger partial charge on any atom is 0.124 e. The van der Waals surface area contributed by atoms with Gasteiger partial charge in [-0.05, 0) is 18.9 Å². The van der Waals surface area contributed by atoms with Crippen LogP contribution in [0, 0.1) is 0 Å². The van der Waals surface area contributed by atoms with Gasteiger partial charge >= 0.3 is 0 Å². The summed E-state index contributed by atoms with van der Waals surface area (Å²) in [5.74, 6) is 0.999. The number of nitrogens with two attached hydrogens (primary N) is 1. The van der Waals surface area contributed by atoms with Crippen molar-refractivity contribution in [3.05, 3.63) is 29.8 Å². The number of para-hydroxylation sites is 1. The molecule has 1 aromatic carbocycles. The number of fused-ring (bicyclic) bond motifs is 1. The van der Waals surface area contributed by atoms with Gasteiger partial charge in [0.2, 0.25) is 0 Å². The lowest BCUT2D eigenvalue weighted by Crippen LogP contribution is -2.29. The molecule has 20 heavy (non-hydrogen) atoms. The quantitative estimate of drug-likeness (QED) is 0.679. The smallest absolute Gasteiger partial charge is 0.124 e. The lowest BCUT2D eigenvalue weighted by atomic mass is 9.94. The highest BCUT2D eigenvalue weighted by molar-refractivity contribution is 5.37. The Labute approximate surface area is 123 Å². The van der Waals surface area contributed by atoms with E-state index in [9.17, 15) is 0 Å². The molecule has 1 heterocycles. The molecule has 1 aliphatic heterocycles. The van der Waals surface area contributed by atoms with Crippen molar-refractivity contribution < 1.29 is 4.74 Å².